The highest BCUT2D eigenvalue weighted by molar-refractivity contribution is 5.90. The highest BCUT2D eigenvalue weighted by Gasteiger charge is 2.49. The number of hydrogen-bond donors (Lipinski definition) is 1. The van der Waals surface area contributed by atoms with Gasteiger partial charge in [0, 0.05) is 0 Å². The molecule has 0 fully saturated rings. The largest absolute Gasteiger partial charge is 0.443 e. The summed E-state index contributed by atoms with van der Waals surface area (Å²) in [6, 6.07) is 5.31. The van der Waals surface area contributed by atoms with E-state index in [-0.39, 0.29) is 6.42 Å². The molecule has 1 aliphatic rings. The lowest BCUT2D eigenvalue weighted by atomic mass is 9.92. The summed E-state index contributed by atoms with van der Waals surface area (Å²) in [5, 5.41) is 9.68. The zero-order chi connectivity index (χ0) is 17.4. The smallest absolute Gasteiger partial charge is 0.416 e. The van der Waals surface area contributed by atoms with Crippen LogP contribution in [0.15, 0.2) is 24.3 Å². The molecule has 1 aromatic carbocycles. The molecule has 4 nitrogen and oxygen atoms in total. The van der Waals surface area contributed by atoms with Gasteiger partial charge in [0.05, 0.1) is 11.7 Å². The van der Waals surface area contributed by atoms with E-state index in [1.165, 1.54) is 0 Å². The fourth-order valence-electron chi connectivity index (χ4n) is 2.63. The van der Waals surface area contributed by atoms with Gasteiger partial charge in [0.25, 0.3) is 0 Å². The second kappa shape index (κ2) is 6.03. The van der Waals surface area contributed by atoms with Crippen LogP contribution in [-0.2, 0) is 11.2 Å². The molecule has 1 aromatic rings. The van der Waals surface area contributed by atoms with E-state index in [0.29, 0.717) is 12.1 Å². The first kappa shape index (κ1) is 17.6. The molecule has 23 heavy (non-hydrogen) atoms. The van der Waals surface area contributed by atoms with Crippen molar-refractivity contribution in [3.05, 3.63) is 29.8 Å². The van der Waals surface area contributed by atoms with Crippen molar-refractivity contribution in [1.82, 2.24) is 0 Å². The van der Waals surface area contributed by atoms with Crippen LogP contribution in [-0.4, -0.2) is 35.1 Å². The Morgan fingerprint density at radius 3 is 2.48 bits per heavy atom. The van der Waals surface area contributed by atoms with Gasteiger partial charge in [-0.3, -0.25) is 4.90 Å². The number of fused-ring (bicyclic) bond motifs is 1. The molecule has 1 N–H and O–H groups in total. The summed E-state index contributed by atoms with van der Waals surface area (Å²) < 4.78 is 44.1. The minimum atomic E-state index is -4.81. The lowest BCUT2D eigenvalue weighted by Crippen LogP contribution is -2.55. The topological polar surface area (TPSA) is 49.8 Å². The summed E-state index contributed by atoms with van der Waals surface area (Å²) in [4.78, 5) is 13.4. The number of aliphatic hydroxyl groups is 1. The number of rotatable bonds is 1. The first-order chi connectivity index (χ1) is 10.5. The molecule has 0 saturated heterocycles. The van der Waals surface area contributed by atoms with E-state index in [1.807, 2.05) is 0 Å². The lowest BCUT2D eigenvalue weighted by molar-refractivity contribution is -0.210. The molecular formula is C16H20F3NO3. The van der Waals surface area contributed by atoms with Gasteiger partial charge in [-0.15, -0.1) is 0 Å². The predicted molar refractivity (Wildman–Crippen MR) is 79.3 cm³/mol. The van der Waals surface area contributed by atoms with Gasteiger partial charge >= 0.3 is 12.3 Å². The Morgan fingerprint density at radius 2 is 1.91 bits per heavy atom. The van der Waals surface area contributed by atoms with Crippen molar-refractivity contribution in [3.8, 4) is 0 Å². The van der Waals surface area contributed by atoms with Gasteiger partial charge in [-0.05, 0) is 45.2 Å². The number of hydrogen-bond acceptors (Lipinski definition) is 3. The van der Waals surface area contributed by atoms with Gasteiger partial charge in [0.15, 0.2) is 6.10 Å². The summed E-state index contributed by atoms with van der Waals surface area (Å²) in [6.45, 7) is 4.90. The number of aliphatic hydroxyl groups excluding tert-OH is 1. The Hall–Kier alpha value is -1.76. The number of benzene rings is 1. The fourth-order valence-corrected chi connectivity index (χ4v) is 2.63. The number of alkyl halides is 3. The van der Waals surface area contributed by atoms with E-state index in [2.05, 4.69) is 0 Å². The van der Waals surface area contributed by atoms with E-state index in [9.17, 15) is 23.1 Å². The van der Waals surface area contributed by atoms with Crippen molar-refractivity contribution in [3.63, 3.8) is 0 Å². The van der Waals surface area contributed by atoms with E-state index in [0.717, 1.165) is 10.5 Å². The highest BCUT2D eigenvalue weighted by Crippen LogP contribution is 2.36. The van der Waals surface area contributed by atoms with Crippen LogP contribution in [0.25, 0.3) is 0 Å². The molecule has 0 bridgehead atoms. The van der Waals surface area contributed by atoms with Gasteiger partial charge in [0.2, 0.25) is 0 Å². The quantitative estimate of drug-likeness (QED) is 0.854. The van der Waals surface area contributed by atoms with E-state index < -0.39 is 30.0 Å². The van der Waals surface area contributed by atoms with Gasteiger partial charge in [0.1, 0.15) is 5.60 Å². The number of aryl methyl sites for hydroxylation is 1. The van der Waals surface area contributed by atoms with Crippen LogP contribution >= 0.6 is 0 Å². The normalized spacial score (nSPS) is 20.0. The number of carbonyl (C=O) groups is 1. The average Bonchev–Trinajstić information content (AvgIpc) is 2.42. The maximum absolute atomic E-state index is 13.0. The van der Waals surface area contributed by atoms with E-state index in [1.54, 1.807) is 45.0 Å². The van der Waals surface area contributed by atoms with Crippen LogP contribution < -0.4 is 4.90 Å². The Bertz CT molecular complexity index is 581. The molecule has 1 aliphatic heterocycles. The minimum absolute atomic E-state index is 0.0108. The molecule has 0 spiro atoms. The standard InChI is InChI=1S/C16H20F3NO3/c1-15(2,3)23-14(22)20-11-7-5-4-6-10(11)8-9-12(20)13(21)16(17,18)19/h4-7,12-13,21H,8-9H2,1-3H3. The van der Waals surface area contributed by atoms with Crippen LogP contribution in [0.5, 0.6) is 0 Å². The molecule has 128 valence electrons. The van der Waals surface area contributed by atoms with Crippen LogP contribution in [0.4, 0.5) is 23.7 Å². The molecule has 2 unspecified atom stereocenters. The number of nitrogens with zero attached hydrogens (tertiary/aromatic N) is 1. The average molecular weight is 331 g/mol. The van der Waals surface area contributed by atoms with Gasteiger partial charge < -0.3 is 9.84 Å². The van der Waals surface area contributed by atoms with Crippen molar-refractivity contribution in [1.29, 1.82) is 0 Å². The molecule has 0 saturated carbocycles. The molecular weight excluding hydrogens is 311 g/mol. The van der Waals surface area contributed by atoms with Gasteiger partial charge in [-0.25, -0.2) is 4.79 Å². The van der Waals surface area contributed by atoms with Crippen LogP contribution in [0, 0.1) is 0 Å². The highest BCUT2D eigenvalue weighted by atomic mass is 19.4. The Labute approximate surface area is 132 Å². The Balaban J connectivity index is 2.42. The summed E-state index contributed by atoms with van der Waals surface area (Å²) >= 11 is 0. The van der Waals surface area contributed by atoms with Crippen LogP contribution in [0.1, 0.15) is 32.8 Å². The minimum Gasteiger partial charge on any atom is -0.443 e. The summed E-state index contributed by atoms with van der Waals surface area (Å²) in [7, 11) is 0. The third-order valence-corrected chi connectivity index (χ3v) is 3.58. The van der Waals surface area contributed by atoms with Gasteiger partial charge in [-0.2, -0.15) is 13.2 Å². The zero-order valence-corrected chi connectivity index (χ0v) is 13.2. The van der Waals surface area contributed by atoms with Crippen molar-refractivity contribution in [2.75, 3.05) is 4.90 Å². The molecule has 1 amide bonds. The molecule has 0 radical (unpaired) electrons. The number of amides is 1. The number of anilines is 1. The summed E-state index contributed by atoms with van der Waals surface area (Å²) in [6.07, 6.45) is -7.96. The lowest BCUT2D eigenvalue weighted by Gasteiger charge is -2.40. The van der Waals surface area contributed by atoms with Crippen molar-refractivity contribution in [2.24, 2.45) is 0 Å². The number of para-hydroxylation sites is 1. The van der Waals surface area contributed by atoms with Crippen LogP contribution in [0.2, 0.25) is 0 Å². The third-order valence-electron chi connectivity index (χ3n) is 3.58. The summed E-state index contributed by atoms with van der Waals surface area (Å²) in [5.41, 5.74) is 0.252. The molecule has 0 aromatic heterocycles. The molecule has 1 heterocycles. The van der Waals surface area contributed by atoms with Crippen molar-refractivity contribution < 1.29 is 27.8 Å². The van der Waals surface area contributed by atoms with Crippen LogP contribution in [0.3, 0.4) is 0 Å². The van der Waals surface area contributed by atoms with Gasteiger partial charge in [-0.1, -0.05) is 18.2 Å². The first-order valence-corrected chi connectivity index (χ1v) is 7.35. The molecule has 2 atom stereocenters. The molecule has 2 rings (SSSR count). The molecule has 7 heteroatoms. The zero-order valence-electron chi connectivity index (χ0n) is 13.2. The number of ether oxygens (including phenoxy) is 1. The maximum atomic E-state index is 13.0. The van der Waals surface area contributed by atoms with Crippen molar-refractivity contribution >= 4 is 11.8 Å². The number of halogens is 3. The SMILES string of the molecule is CC(C)(C)OC(=O)N1c2ccccc2CCC1C(O)C(F)(F)F. The molecule has 0 aliphatic carbocycles. The predicted octanol–water partition coefficient (Wildman–Crippen LogP) is 3.67. The Morgan fingerprint density at radius 1 is 1.30 bits per heavy atom. The second-order valence-corrected chi connectivity index (χ2v) is 6.57. The van der Waals surface area contributed by atoms with Crippen molar-refractivity contribution in [2.45, 2.75) is 57.5 Å². The fraction of sp³-hybridized carbons (Fsp3) is 0.562. The first-order valence-electron chi connectivity index (χ1n) is 7.35. The monoisotopic (exact) mass is 331 g/mol. The Kier molecular flexibility index (Phi) is 4.61. The number of carbonyl (C=O) groups excluding carboxylic acids is 1. The third kappa shape index (κ3) is 3.96. The van der Waals surface area contributed by atoms with E-state index in [4.69, 9.17) is 4.74 Å². The maximum Gasteiger partial charge on any atom is 0.416 e. The second-order valence-electron chi connectivity index (χ2n) is 6.57. The summed E-state index contributed by atoms with van der Waals surface area (Å²) in [5.74, 6) is 0. The van der Waals surface area contributed by atoms with E-state index >= 15 is 0 Å².